The van der Waals surface area contributed by atoms with Crippen LogP contribution in [0, 0.1) is 0 Å². The Labute approximate surface area is 214 Å². The summed E-state index contributed by atoms with van der Waals surface area (Å²) in [6.45, 7) is 2.15. The predicted octanol–water partition coefficient (Wildman–Crippen LogP) is 4.09. The van der Waals surface area contributed by atoms with Gasteiger partial charge in [0.25, 0.3) is 5.91 Å². The van der Waals surface area contributed by atoms with E-state index >= 15 is 0 Å². The van der Waals surface area contributed by atoms with Crippen molar-refractivity contribution in [1.29, 1.82) is 0 Å². The number of hydrogen-bond donors (Lipinski definition) is 2. The second-order valence-electron chi connectivity index (χ2n) is 7.96. The van der Waals surface area contributed by atoms with Gasteiger partial charge in [-0.1, -0.05) is 30.3 Å². The van der Waals surface area contributed by atoms with E-state index in [0.29, 0.717) is 29.4 Å². The third-order valence-electron chi connectivity index (χ3n) is 5.48. The van der Waals surface area contributed by atoms with Crippen molar-refractivity contribution in [3.8, 4) is 5.75 Å². The maximum Gasteiger partial charge on any atom is 0.287 e. The molecular formula is C28H27N3O6. The molecule has 4 rings (SSSR count). The van der Waals surface area contributed by atoms with E-state index < -0.39 is 23.8 Å². The first-order chi connectivity index (χ1) is 18.1. The van der Waals surface area contributed by atoms with Gasteiger partial charge in [0.1, 0.15) is 17.6 Å². The van der Waals surface area contributed by atoms with Crippen LogP contribution in [0.2, 0.25) is 0 Å². The number of hydrogen-bond acceptors (Lipinski definition) is 6. The molecule has 2 N–H and O–H groups in total. The summed E-state index contributed by atoms with van der Waals surface area (Å²) in [5.41, 5.74) is 1.06. The molecule has 0 aliphatic heterocycles. The zero-order chi connectivity index (χ0) is 26.0. The quantitative estimate of drug-likeness (QED) is 0.320. The van der Waals surface area contributed by atoms with Crippen LogP contribution >= 0.6 is 0 Å². The van der Waals surface area contributed by atoms with Crippen molar-refractivity contribution in [2.75, 3.05) is 18.1 Å². The van der Waals surface area contributed by atoms with Gasteiger partial charge in [-0.2, -0.15) is 0 Å². The lowest BCUT2D eigenvalue weighted by Gasteiger charge is -2.31. The standard InChI is InChI=1S/C28H27N3O6/c1-2-35-22-14-12-21(13-15-22)31(25(32)19-30-27(33)24-11-7-17-37-24)26(20-8-4-3-5-9-20)28(34)29-18-23-10-6-16-36-23/h3-17,26H,2,18-19H2,1H3,(H,29,34)(H,30,33)/t26-/m0/s1. The molecule has 0 radical (unpaired) electrons. The number of benzene rings is 2. The highest BCUT2D eigenvalue weighted by atomic mass is 16.5. The summed E-state index contributed by atoms with van der Waals surface area (Å²) in [5.74, 6) is -0.166. The number of nitrogens with zero attached hydrogens (tertiary/aromatic N) is 1. The maximum absolute atomic E-state index is 13.6. The molecule has 4 aromatic rings. The zero-order valence-electron chi connectivity index (χ0n) is 20.3. The van der Waals surface area contributed by atoms with Gasteiger partial charge in [-0.3, -0.25) is 19.3 Å². The van der Waals surface area contributed by atoms with Crippen molar-refractivity contribution in [1.82, 2.24) is 10.6 Å². The van der Waals surface area contributed by atoms with Gasteiger partial charge in [-0.25, -0.2) is 0 Å². The molecule has 2 heterocycles. The van der Waals surface area contributed by atoms with Crippen molar-refractivity contribution in [3.63, 3.8) is 0 Å². The van der Waals surface area contributed by atoms with E-state index in [4.69, 9.17) is 13.6 Å². The largest absolute Gasteiger partial charge is 0.494 e. The van der Waals surface area contributed by atoms with E-state index in [1.165, 1.54) is 23.5 Å². The normalized spacial score (nSPS) is 11.4. The van der Waals surface area contributed by atoms with Crippen molar-refractivity contribution in [2.45, 2.75) is 19.5 Å². The fraction of sp³-hybridized carbons (Fsp3) is 0.179. The molecule has 9 heteroatoms. The number of amides is 3. The number of rotatable bonds is 11. The summed E-state index contributed by atoms with van der Waals surface area (Å²) < 4.78 is 16.0. The van der Waals surface area contributed by atoms with Gasteiger partial charge in [0.05, 0.1) is 32.2 Å². The van der Waals surface area contributed by atoms with Crippen LogP contribution in [0.5, 0.6) is 5.75 Å². The van der Waals surface area contributed by atoms with E-state index in [1.807, 2.05) is 13.0 Å². The van der Waals surface area contributed by atoms with E-state index in [0.717, 1.165) is 0 Å². The van der Waals surface area contributed by atoms with Crippen LogP contribution in [-0.2, 0) is 16.1 Å². The third-order valence-corrected chi connectivity index (χ3v) is 5.48. The number of anilines is 1. The summed E-state index contributed by atoms with van der Waals surface area (Å²) >= 11 is 0. The van der Waals surface area contributed by atoms with Crippen molar-refractivity contribution >= 4 is 23.4 Å². The van der Waals surface area contributed by atoms with Crippen LogP contribution in [-0.4, -0.2) is 30.9 Å². The van der Waals surface area contributed by atoms with Crippen molar-refractivity contribution in [3.05, 3.63) is 108 Å². The Morgan fingerprint density at radius 1 is 0.865 bits per heavy atom. The Bertz CT molecular complexity index is 1290. The maximum atomic E-state index is 13.6. The molecule has 0 unspecified atom stereocenters. The van der Waals surface area contributed by atoms with Crippen LogP contribution in [0.3, 0.4) is 0 Å². The highest BCUT2D eigenvalue weighted by Crippen LogP contribution is 2.29. The van der Waals surface area contributed by atoms with Crippen LogP contribution in [0.1, 0.15) is 34.8 Å². The fourth-order valence-corrected chi connectivity index (χ4v) is 3.78. The molecule has 9 nitrogen and oxygen atoms in total. The molecule has 0 spiro atoms. The molecule has 3 amide bonds. The van der Waals surface area contributed by atoms with Crippen molar-refractivity contribution in [2.24, 2.45) is 0 Å². The van der Waals surface area contributed by atoms with E-state index in [2.05, 4.69) is 10.6 Å². The van der Waals surface area contributed by atoms with Gasteiger partial charge in [0.15, 0.2) is 5.76 Å². The molecule has 0 saturated heterocycles. The monoisotopic (exact) mass is 501 g/mol. The topological polar surface area (TPSA) is 114 Å². The number of carbonyl (C=O) groups excluding carboxylic acids is 3. The minimum atomic E-state index is -1.03. The molecule has 1 atom stereocenters. The smallest absolute Gasteiger partial charge is 0.287 e. The highest BCUT2D eigenvalue weighted by Gasteiger charge is 2.33. The van der Waals surface area contributed by atoms with E-state index in [-0.39, 0.29) is 18.8 Å². The van der Waals surface area contributed by atoms with Crippen LogP contribution in [0.25, 0.3) is 0 Å². The first kappa shape index (κ1) is 25.3. The molecule has 0 fully saturated rings. The summed E-state index contributed by atoms with van der Waals surface area (Å²) in [5, 5.41) is 5.43. The van der Waals surface area contributed by atoms with E-state index in [1.54, 1.807) is 66.7 Å². The number of ether oxygens (including phenoxy) is 1. The Balaban J connectivity index is 1.66. The van der Waals surface area contributed by atoms with Gasteiger partial charge in [0.2, 0.25) is 11.8 Å². The van der Waals surface area contributed by atoms with Crippen LogP contribution in [0.4, 0.5) is 5.69 Å². The summed E-state index contributed by atoms with van der Waals surface area (Å²) in [6.07, 6.45) is 2.89. The fourth-order valence-electron chi connectivity index (χ4n) is 3.78. The molecule has 190 valence electrons. The average Bonchev–Trinajstić information content (AvgIpc) is 3.65. The average molecular weight is 502 g/mol. The molecule has 0 bridgehead atoms. The van der Waals surface area contributed by atoms with Gasteiger partial charge < -0.3 is 24.2 Å². The van der Waals surface area contributed by atoms with Crippen molar-refractivity contribution < 1.29 is 28.0 Å². The minimum Gasteiger partial charge on any atom is -0.494 e. The summed E-state index contributed by atoms with van der Waals surface area (Å²) in [4.78, 5) is 41.0. The second kappa shape index (κ2) is 12.3. The van der Waals surface area contributed by atoms with Gasteiger partial charge in [-0.15, -0.1) is 0 Å². The molecular weight excluding hydrogens is 474 g/mol. The van der Waals surface area contributed by atoms with Gasteiger partial charge in [-0.05, 0) is 61.0 Å². The molecule has 0 saturated carbocycles. The predicted molar refractivity (Wildman–Crippen MR) is 136 cm³/mol. The summed E-state index contributed by atoms with van der Waals surface area (Å²) in [6, 6.07) is 21.3. The number of carbonyl (C=O) groups is 3. The molecule has 0 aliphatic carbocycles. The third kappa shape index (κ3) is 6.46. The minimum absolute atomic E-state index is 0.0798. The van der Waals surface area contributed by atoms with Crippen LogP contribution < -0.4 is 20.3 Å². The summed E-state index contributed by atoms with van der Waals surface area (Å²) in [7, 11) is 0. The highest BCUT2D eigenvalue weighted by molar-refractivity contribution is 6.04. The van der Waals surface area contributed by atoms with Crippen LogP contribution in [0.15, 0.2) is 100 Å². The Hall–Kier alpha value is -4.79. The molecule has 0 aliphatic rings. The number of furan rings is 2. The SMILES string of the molecule is CCOc1ccc(N(C(=O)CNC(=O)c2ccco2)[C@H](C(=O)NCc2ccco2)c2ccccc2)cc1. The van der Waals surface area contributed by atoms with E-state index in [9.17, 15) is 14.4 Å². The Morgan fingerprint density at radius 2 is 1.59 bits per heavy atom. The lowest BCUT2D eigenvalue weighted by atomic mass is 10.0. The Morgan fingerprint density at radius 3 is 2.24 bits per heavy atom. The lowest BCUT2D eigenvalue weighted by molar-refractivity contribution is -0.126. The first-order valence-corrected chi connectivity index (χ1v) is 11.8. The first-order valence-electron chi connectivity index (χ1n) is 11.8. The zero-order valence-corrected chi connectivity index (χ0v) is 20.3. The van der Waals surface area contributed by atoms with Gasteiger partial charge >= 0.3 is 0 Å². The van der Waals surface area contributed by atoms with Gasteiger partial charge in [0, 0.05) is 5.69 Å². The Kier molecular flexibility index (Phi) is 8.38. The second-order valence-corrected chi connectivity index (χ2v) is 7.96. The molecule has 2 aromatic carbocycles. The molecule has 37 heavy (non-hydrogen) atoms. The molecule has 2 aromatic heterocycles. The number of nitrogens with one attached hydrogen (secondary N) is 2. The lowest BCUT2D eigenvalue weighted by Crippen LogP contribution is -2.47.